The summed E-state index contributed by atoms with van der Waals surface area (Å²) in [7, 11) is 1.66. The Bertz CT molecular complexity index is 438. The van der Waals surface area contributed by atoms with Crippen molar-refractivity contribution in [3.05, 3.63) is 11.9 Å². The Morgan fingerprint density at radius 1 is 1.58 bits per heavy atom. The van der Waals surface area contributed by atoms with E-state index in [1.165, 1.54) is 11.8 Å². The predicted octanol–water partition coefficient (Wildman–Crippen LogP) is 2.56. The lowest BCUT2D eigenvalue weighted by molar-refractivity contribution is -0.133. The van der Waals surface area contributed by atoms with Gasteiger partial charge in [0.25, 0.3) is 0 Å². The first-order valence-corrected chi connectivity index (χ1v) is 7.17. The van der Waals surface area contributed by atoms with E-state index in [0.29, 0.717) is 6.61 Å². The molecule has 0 saturated heterocycles. The van der Waals surface area contributed by atoms with Gasteiger partial charge in [-0.05, 0) is 6.92 Å². The molecule has 0 amide bonds. The molecule has 0 aromatic carbocycles. The Hall–Kier alpha value is -1.01. The molecule has 1 rings (SSSR count). The number of carbonyl (C=O) groups is 1. The van der Waals surface area contributed by atoms with E-state index in [2.05, 4.69) is 30.3 Å². The molecule has 0 saturated carbocycles. The van der Waals surface area contributed by atoms with Gasteiger partial charge in [0.05, 0.1) is 18.4 Å². The van der Waals surface area contributed by atoms with Gasteiger partial charge in [0.1, 0.15) is 0 Å². The van der Waals surface area contributed by atoms with E-state index < -0.39 is 5.97 Å². The van der Waals surface area contributed by atoms with Crippen molar-refractivity contribution < 1.29 is 14.6 Å². The van der Waals surface area contributed by atoms with Crippen LogP contribution in [0.15, 0.2) is 11.4 Å². The summed E-state index contributed by atoms with van der Waals surface area (Å²) >= 11 is 1.24. The second-order valence-electron chi connectivity index (χ2n) is 5.53. The number of hydrogen-bond donors (Lipinski definition) is 1. The van der Waals surface area contributed by atoms with Gasteiger partial charge in [-0.2, -0.15) is 0 Å². The van der Waals surface area contributed by atoms with Crippen LogP contribution in [0.25, 0.3) is 0 Å². The fraction of sp³-hybridized carbons (Fsp3) is 0.692. The molecule has 0 aliphatic rings. The summed E-state index contributed by atoms with van der Waals surface area (Å²) in [5.41, 5.74) is 1.04. The van der Waals surface area contributed by atoms with Crippen LogP contribution >= 0.6 is 11.8 Å². The van der Waals surface area contributed by atoms with Gasteiger partial charge in [-0.3, -0.25) is 4.79 Å². The number of thioether (sulfide) groups is 1. The van der Waals surface area contributed by atoms with Crippen LogP contribution in [-0.4, -0.2) is 40.1 Å². The number of carboxylic acid groups (broad SMARTS) is 1. The van der Waals surface area contributed by atoms with Gasteiger partial charge < -0.3 is 14.4 Å². The number of ether oxygens (including phenoxy) is 1. The standard InChI is InChI=1S/C13H22N2O3S/c1-9(7-18-5)15-10(13(2,3)4)6-14-12(15)19-8-11(16)17/h6,9H,7-8H2,1-5H3,(H,16,17). The van der Waals surface area contributed by atoms with Crippen LogP contribution in [0.5, 0.6) is 0 Å². The molecule has 1 heterocycles. The van der Waals surface area contributed by atoms with Crippen LogP contribution < -0.4 is 0 Å². The first kappa shape index (κ1) is 16.0. The van der Waals surface area contributed by atoms with Gasteiger partial charge in [0.2, 0.25) is 0 Å². The van der Waals surface area contributed by atoms with Gasteiger partial charge in [-0.25, -0.2) is 4.98 Å². The molecule has 1 N–H and O–H groups in total. The number of hydrogen-bond acceptors (Lipinski definition) is 4. The second kappa shape index (κ2) is 6.43. The van der Waals surface area contributed by atoms with E-state index in [-0.39, 0.29) is 17.2 Å². The number of rotatable bonds is 6. The maximum Gasteiger partial charge on any atom is 0.313 e. The first-order chi connectivity index (χ1) is 8.77. The SMILES string of the molecule is COCC(C)n1c(C(C)(C)C)cnc1SCC(=O)O. The maximum absolute atomic E-state index is 10.7. The molecule has 0 spiro atoms. The van der Waals surface area contributed by atoms with E-state index in [1.54, 1.807) is 7.11 Å². The number of carboxylic acids is 1. The van der Waals surface area contributed by atoms with Crippen LogP contribution in [0.4, 0.5) is 0 Å². The highest BCUT2D eigenvalue weighted by Gasteiger charge is 2.24. The van der Waals surface area contributed by atoms with Crippen LogP contribution in [0, 0.1) is 0 Å². The van der Waals surface area contributed by atoms with Crippen molar-refractivity contribution in [2.24, 2.45) is 0 Å². The third kappa shape index (κ3) is 4.24. The van der Waals surface area contributed by atoms with Crippen LogP contribution in [0.3, 0.4) is 0 Å². The molecule has 6 heteroatoms. The Morgan fingerprint density at radius 3 is 2.68 bits per heavy atom. The van der Waals surface area contributed by atoms with Crippen molar-refractivity contribution in [1.82, 2.24) is 9.55 Å². The zero-order valence-corrected chi connectivity index (χ0v) is 13.0. The van der Waals surface area contributed by atoms with Crippen molar-refractivity contribution in [2.45, 2.75) is 44.3 Å². The Morgan fingerprint density at radius 2 is 2.21 bits per heavy atom. The largest absolute Gasteiger partial charge is 0.481 e. The van der Waals surface area contributed by atoms with Gasteiger partial charge >= 0.3 is 5.97 Å². The lowest BCUT2D eigenvalue weighted by atomic mass is 9.92. The summed E-state index contributed by atoms with van der Waals surface area (Å²) in [6.07, 6.45) is 1.83. The average Bonchev–Trinajstić information content (AvgIpc) is 2.69. The van der Waals surface area contributed by atoms with Crippen LogP contribution in [0.2, 0.25) is 0 Å². The summed E-state index contributed by atoms with van der Waals surface area (Å²) in [6.45, 7) is 8.97. The molecule has 5 nitrogen and oxygen atoms in total. The highest BCUT2D eigenvalue weighted by molar-refractivity contribution is 7.99. The van der Waals surface area contributed by atoms with Gasteiger partial charge in [0.15, 0.2) is 5.16 Å². The van der Waals surface area contributed by atoms with Crippen molar-refractivity contribution in [1.29, 1.82) is 0 Å². The van der Waals surface area contributed by atoms with Gasteiger partial charge in [0, 0.05) is 24.4 Å². The molecule has 0 aliphatic carbocycles. The van der Waals surface area contributed by atoms with E-state index >= 15 is 0 Å². The molecular weight excluding hydrogens is 264 g/mol. The molecule has 19 heavy (non-hydrogen) atoms. The van der Waals surface area contributed by atoms with Crippen LogP contribution in [-0.2, 0) is 14.9 Å². The molecule has 1 aromatic heterocycles. The van der Waals surface area contributed by atoms with Crippen LogP contribution in [0.1, 0.15) is 39.4 Å². The number of aromatic nitrogens is 2. The minimum Gasteiger partial charge on any atom is -0.481 e. The predicted molar refractivity (Wildman–Crippen MR) is 75.9 cm³/mol. The molecule has 1 atom stereocenters. The van der Waals surface area contributed by atoms with Gasteiger partial charge in [-0.15, -0.1) is 0 Å². The van der Waals surface area contributed by atoms with E-state index in [1.807, 2.05) is 13.1 Å². The number of aliphatic carboxylic acids is 1. The minimum atomic E-state index is -0.837. The van der Waals surface area contributed by atoms with E-state index in [0.717, 1.165) is 10.9 Å². The normalized spacial score (nSPS) is 13.5. The monoisotopic (exact) mass is 286 g/mol. The highest BCUT2D eigenvalue weighted by atomic mass is 32.2. The van der Waals surface area contributed by atoms with Gasteiger partial charge in [-0.1, -0.05) is 32.5 Å². The topological polar surface area (TPSA) is 64.4 Å². The van der Waals surface area contributed by atoms with Crippen molar-refractivity contribution in [2.75, 3.05) is 19.5 Å². The summed E-state index contributed by atoms with van der Waals surface area (Å²) in [5.74, 6) is -0.823. The molecule has 1 unspecified atom stereocenters. The summed E-state index contributed by atoms with van der Waals surface area (Å²) < 4.78 is 7.28. The minimum absolute atomic E-state index is 0.0142. The van der Waals surface area contributed by atoms with Crippen molar-refractivity contribution in [3.63, 3.8) is 0 Å². The maximum atomic E-state index is 10.7. The molecule has 0 fully saturated rings. The summed E-state index contributed by atoms with van der Waals surface area (Å²) in [5, 5.41) is 9.52. The fourth-order valence-electron chi connectivity index (χ4n) is 1.87. The fourth-order valence-corrected chi connectivity index (χ4v) is 2.67. The molecule has 0 bridgehead atoms. The Kier molecular flexibility index (Phi) is 5.43. The Labute approximate surface area is 118 Å². The van der Waals surface area contributed by atoms with E-state index in [4.69, 9.17) is 9.84 Å². The third-order valence-electron chi connectivity index (χ3n) is 2.70. The first-order valence-electron chi connectivity index (χ1n) is 6.18. The van der Waals surface area contributed by atoms with Crippen molar-refractivity contribution in [3.8, 4) is 0 Å². The van der Waals surface area contributed by atoms with Crippen molar-refractivity contribution >= 4 is 17.7 Å². The highest BCUT2D eigenvalue weighted by Crippen LogP contribution is 2.30. The molecule has 0 radical (unpaired) electrons. The lowest BCUT2D eigenvalue weighted by Crippen LogP contribution is -2.22. The quantitative estimate of drug-likeness (QED) is 0.814. The number of nitrogens with zero attached hydrogens (tertiary/aromatic N) is 2. The smallest absolute Gasteiger partial charge is 0.313 e. The third-order valence-corrected chi connectivity index (χ3v) is 3.66. The zero-order valence-electron chi connectivity index (χ0n) is 12.1. The lowest BCUT2D eigenvalue weighted by Gasteiger charge is -2.25. The number of methoxy groups -OCH3 is 1. The molecule has 0 aliphatic heterocycles. The number of imidazole rings is 1. The zero-order chi connectivity index (χ0) is 14.6. The molecule has 1 aromatic rings. The Balaban J connectivity index is 3.10. The molecular formula is C13H22N2O3S. The van der Waals surface area contributed by atoms with E-state index in [9.17, 15) is 4.79 Å². The molecule has 108 valence electrons. The summed E-state index contributed by atoms with van der Waals surface area (Å²) in [6, 6.07) is 0.123. The summed E-state index contributed by atoms with van der Waals surface area (Å²) in [4.78, 5) is 15.1. The average molecular weight is 286 g/mol. The second-order valence-corrected chi connectivity index (χ2v) is 6.48.